The lowest BCUT2D eigenvalue weighted by atomic mass is 10.1. The maximum Gasteiger partial charge on any atom is 0.171 e. The summed E-state index contributed by atoms with van der Waals surface area (Å²) in [6, 6.07) is 14.5. The van der Waals surface area contributed by atoms with Gasteiger partial charge in [-0.05, 0) is 12.5 Å². The topological polar surface area (TPSA) is 13.1 Å². The van der Waals surface area contributed by atoms with Crippen molar-refractivity contribution in [3.63, 3.8) is 0 Å². The Balaban J connectivity index is 1.73. The quantitative estimate of drug-likeness (QED) is 0.566. The van der Waals surface area contributed by atoms with Crippen LogP contribution in [0.5, 0.6) is 0 Å². The van der Waals surface area contributed by atoms with Crippen LogP contribution >= 0.6 is 0 Å². The summed E-state index contributed by atoms with van der Waals surface area (Å²) in [5, 5.41) is 0. The number of hydrogen-bond acceptors (Lipinski definition) is 1. The highest BCUT2D eigenvalue weighted by atomic mass is 16.5. The molecule has 0 saturated heterocycles. The van der Waals surface area contributed by atoms with Gasteiger partial charge in [0.2, 0.25) is 0 Å². The molecular formula is C15H18NO+. The molecule has 0 bridgehead atoms. The summed E-state index contributed by atoms with van der Waals surface area (Å²) < 4.78 is 7.78. The molecule has 1 aromatic heterocycles. The van der Waals surface area contributed by atoms with Crippen LogP contribution in [0.15, 0.2) is 54.9 Å². The zero-order valence-corrected chi connectivity index (χ0v) is 10.2. The molecule has 0 amide bonds. The Hall–Kier alpha value is -1.67. The molecule has 0 atom stereocenters. The van der Waals surface area contributed by atoms with Crippen LogP contribution in [0.4, 0.5) is 0 Å². The summed E-state index contributed by atoms with van der Waals surface area (Å²) in [6.45, 7) is 4.42. The van der Waals surface area contributed by atoms with Gasteiger partial charge in [-0.3, -0.25) is 0 Å². The van der Waals surface area contributed by atoms with Crippen molar-refractivity contribution in [1.82, 2.24) is 0 Å². The first kappa shape index (κ1) is 11.8. The predicted molar refractivity (Wildman–Crippen MR) is 67.5 cm³/mol. The molecule has 0 aliphatic carbocycles. The van der Waals surface area contributed by atoms with Gasteiger partial charge < -0.3 is 4.74 Å². The molecule has 0 radical (unpaired) electrons. The van der Waals surface area contributed by atoms with E-state index in [-0.39, 0.29) is 0 Å². The first-order chi connectivity index (χ1) is 8.34. The van der Waals surface area contributed by atoms with Gasteiger partial charge >= 0.3 is 0 Å². The second kappa shape index (κ2) is 6.16. The SMILES string of the molecule is Cc1cccc(COCC[n+]2ccccc2)c1. The van der Waals surface area contributed by atoms with Crippen molar-refractivity contribution in [3.8, 4) is 0 Å². The number of pyridine rings is 1. The molecule has 2 heteroatoms. The number of nitrogens with zero attached hydrogens (tertiary/aromatic N) is 1. The molecule has 1 heterocycles. The molecule has 0 aliphatic rings. The number of aromatic nitrogens is 1. The summed E-state index contributed by atoms with van der Waals surface area (Å²) in [7, 11) is 0. The molecule has 0 fully saturated rings. The van der Waals surface area contributed by atoms with Crippen LogP contribution in [0.3, 0.4) is 0 Å². The van der Waals surface area contributed by atoms with Crippen molar-refractivity contribution in [2.45, 2.75) is 20.1 Å². The Bertz CT molecular complexity index is 453. The van der Waals surface area contributed by atoms with Crippen molar-refractivity contribution < 1.29 is 9.30 Å². The Morgan fingerprint density at radius 2 is 1.88 bits per heavy atom. The average Bonchev–Trinajstić information content (AvgIpc) is 2.36. The molecule has 0 aliphatic heterocycles. The van der Waals surface area contributed by atoms with E-state index in [1.54, 1.807) is 0 Å². The van der Waals surface area contributed by atoms with E-state index in [2.05, 4.69) is 48.1 Å². The van der Waals surface area contributed by atoms with Gasteiger partial charge in [0, 0.05) is 12.1 Å². The van der Waals surface area contributed by atoms with E-state index in [1.807, 2.05) is 18.2 Å². The second-order valence-electron chi connectivity index (χ2n) is 4.15. The van der Waals surface area contributed by atoms with E-state index < -0.39 is 0 Å². The monoisotopic (exact) mass is 228 g/mol. The van der Waals surface area contributed by atoms with Crippen LogP contribution in [0.25, 0.3) is 0 Å². The molecule has 88 valence electrons. The normalized spacial score (nSPS) is 10.4. The van der Waals surface area contributed by atoms with Gasteiger partial charge in [0.05, 0.1) is 6.61 Å². The van der Waals surface area contributed by atoms with E-state index in [1.165, 1.54) is 11.1 Å². The van der Waals surface area contributed by atoms with Crippen molar-refractivity contribution in [3.05, 3.63) is 66.0 Å². The molecule has 2 rings (SSSR count). The first-order valence-corrected chi connectivity index (χ1v) is 5.92. The lowest BCUT2D eigenvalue weighted by Crippen LogP contribution is -2.34. The maximum absolute atomic E-state index is 5.66. The van der Waals surface area contributed by atoms with Crippen LogP contribution in [0.2, 0.25) is 0 Å². The Kier molecular flexibility index (Phi) is 4.28. The summed E-state index contributed by atoms with van der Waals surface area (Å²) in [5.41, 5.74) is 2.52. The number of hydrogen-bond donors (Lipinski definition) is 0. The molecule has 17 heavy (non-hydrogen) atoms. The van der Waals surface area contributed by atoms with Gasteiger partial charge in [-0.15, -0.1) is 0 Å². The summed E-state index contributed by atoms with van der Waals surface area (Å²) in [4.78, 5) is 0. The molecule has 1 aromatic carbocycles. The van der Waals surface area contributed by atoms with Gasteiger partial charge in [0.25, 0.3) is 0 Å². The van der Waals surface area contributed by atoms with Crippen LogP contribution in [0.1, 0.15) is 11.1 Å². The molecule has 0 saturated carbocycles. The minimum atomic E-state index is 0.690. The number of aryl methyl sites for hydroxylation is 1. The largest absolute Gasteiger partial charge is 0.370 e. The number of benzene rings is 1. The molecule has 2 nitrogen and oxygen atoms in total. The predicted octanol–water partition coefficient (Wildman–Crippen LogP) is 2.50. The highest BCUT2D eigenvalue weighted by Gasteiger charge is 1.98. The third kappa shape index (κ3) is 4.00. The van der Waals surface area contributed by atoms with Gasteiger partial charge in [-0.2, -0.15) is 0 Å². The number of ether oxygens (including phenoxy) is 1. The Labute approximate surface area is 102 Å². The third-order valence-corrected chi connectivity index (χ3v) is 2.62. The standard InChI is InChI=1S/C15H18NO/c1-14-6-5-7-15(12-14)13-17-11-10-16-8-3-2-4-9-16/h2-9,12H,10-11,13H2,1H3/q+1. The summed E-state index contributed by atoms with van der Waals surface area (Å²) >= 11 is 0. The van der Waals surface area contributed by atoms with E-state index in [0.29, 0.717) is 6.61 Å². The fourth-order valence-corrected chi connectivity index (χ4v) is 1.75. The molecule has 2 aromatic rings. The summed E-state index contributed by atoms with van der Waals surface area (Å²) in [5.74, 6) is 0. The fourth-order valence-electron chi connectivity index (χ4n) is 1.75. The minimum absolute atomic E-state index is 0.690. The number of rotatable bonds is 5. The van der Waals surface area contributed by atoms with Crippen LogP contribution in [-0.4, -0.2) is 6.61 Å². The van der Waals surface area contributed by atoms with Gasteiger partial charge in [-0.25, -0.2) is 4.57 Å². The lowest BCUT2D eigenvalue weighted by molar-refractivity contribution is -0.698. The van der Waals surface area contributed by atoms with Gasteiger partial charge in [-0.1, -0.05) is 35.9 Å². The van der Waals surface area contributed by atoms with E-state index in [4.69, 9.17) is 4.74 Å². The van der Waals surface area contributed by atoms with Gasteiger partial charge in [0.15, 0.2) is 18.9 Å². The fraction of sp³-hybridized carbons (Fsp3) is 0.267. The average molecular weight is 228 g/mol. The Morgan fingerprint density at radius 3 is 2.65 bits per heavy atom. The molecular weight excluding hydrogens is 210 g/mol. The van der Waals surface area contributed by atoms with E-state index >= 15 is 0 Å². The first-order valence-electron chi connectivity index (χ1n) is 5.92. The molecule has 0 spiro atoms. The second-order valence-corrected chi connectivity index (χ2v) is 4.15. The van der Waals surface area contributed by atoms with Crippen LogP contribution < -0.4 is 4.57 Å². The maximum atomic E-state index is 5.66. The van der Waals surface area contributed by atoms with Crippen molar-refractivity contribution in [1.29, 1.82) is 0 Å². The molecule has 0 N–H and O–H groups in total. The van der Waals surface area contributed by atoms with Gasteiger partial charge in [0.1, 0.15) is 6.61 Å². The third-order valence-electron chi connectivity index (χ3n) is 2.62. The molecule has 0 unspecified atom stereocenters. The zero-order chi connectivity index (χ0) is 11.9. The van der Waals surface area contributed by atoms with Crippen LogP contribution in [0, 0.1) is 6.92 Å². The van der Waals surface area contributed by atoms with Crippen LogP contribution in [-0.2, 0) is 17.9 Å². The van der Waals surface area contributed by atoms with Crippen molar-refractivity contribution in [2.24, 2.45) is 0 Å². The zero-order valence-electron chi connectivity index (χ0n) is 10.2. The smallest absolute Gasteiger partial charge is 0.171 e. The minimum Gasteiger partial charge on any atom is -0.370 e. The van der Waals surface area contributed by atoms with E-state index in [9.17, 15) is 0 Å². The summed E-state index contributed by atoms with van der Waals surface area (Å²) in [6.07, 6.45) is 4.10. The highest BCUT2D eigenvalue weighted by Crippen LogP contribution is 2.04. The van der Waals surface area contributed by atoms with E-state index in [0.717, 1.165) is 13.2 Å². The Morgan fingerprint density at radius 1 is 1.06 bits per heavy atom. The lowest BCUT2D eigenvalue weighted by Gasteiger charge is -2.03. The van der Waals surface area contributed by atoms with Crippen molar-refractivity contribution in [2.75, 3.05) is 6.61 Å². The highest BCUT2D eigenvalue weighted by molar-refractivity contribution is 5.21. The van der Waals surface area contributed by atoms with Crippen molar-refractivity contribution >= 4 is 0 Å².